The first kappa shape index (κ1) is 38.1. The molecule has 0 radical (unpaired) electrons. The summed E-state index contributed by atoms with van der Waals surface area (Å²) in [4.78, 5) is 17.9. The van der Waals surface area contributed by atoms with Gasteiger partial charge in [0.1, 0.15) is 0 Å². The number of fused-ring (bicyclic) bond motifs is 9. The van der Waals surface area contributed by atoms with Gasteiger partial charge in [0.05, 0.1) is 39.1 Å². The summed E-state index contributed by atoms with van der Waals surface area (Å²) in [6.45, 7) is 6.79. The Morgan fingerprint density at radius 3 is 1.32 bits per heavy atom. The van der Waals surface area contributed by atoms with Gasteiger partial charge in [-0.15, -0.1) is 0 Å². The van der Waals surface area contributed by atoms with Gasteiger partial charge in [-0.3, -0.25) is 19.9 Å². The summed E-state index contributed by atoms with van der Waals surface area (Å²) in [5, 5.41) is 6.98. The van der Waals surface area contributed by atoms with E-state index in [1.54, 1.807) is 0 Å². The first-order chi connectivity index (χ1) is 32.5. The zero-order chi connectivity index (χ0) is 44.0. The van der Waals surface area contributed by atoms with E-state index in [0.29, 0.717) is 0 Å². The van der Waals surface area contributed by atoms with Crippen molar-refractivity contribution in [2.24, 2.45) is 0 Å². The van der Waals surface area contributed by atoms with Gasteiger partial charge in [0.2, 0.25) is 0 Å². The number of hydrogen-bond donors (Lipinski definition) is 0. The molecule has 7 heterocycles. The number of para-hydroxylation sites is 2. The Bertz CT molecular complexity index is 3690. The maximum Gasteiger partial charge on any atom is 0.0572 e. The van der Waals surface area contributed by atoms with Gasteiger partial charge in [-0.25, -0.2) is 0 Å². The van der Waals surface area contributed by atoms with Crippen molar-refractivity contribution in [2.45, 2.75) is 33.2 Å². The number of aromatic nitrogens is 7. The number of nitrogens with zero attached hydrogens (tertiary/aromatic N) is 7. The Morgan fingerprint density at radius 1 is 0.424 bits per heavy atom. The Balaban J connectivity index is 0.950. The average Bonchev–Trinajstić information content (AvgIpc) is 4.00. The van der Waals surface area contributed by atoms with Crippen LogP contribution in [0.1, 0.15) is 36.1 Å². The maximum atomic E-state index is 4.47. The number of benzene rings is 5. The predicted octanol–water partition coefficient (Wildman–Crippen LogP) is 14.5. The molecule has 0 amide bonds. The van der Waals surface area contributed by atoms with Crippen LogP contribution in [-0.4, -0.2) is 33.6 Å². The molecule has 1 aliphatic carbocycles. The zero-order valence-corrected chi connectivity index (χ0v) is 36.8. The molecule has 7 aromatic heterocycles. The molecule has 66 heavy (non-hydrogen) atoms. The fraction of sp³-hybridized carbons (Fsp3) is 0.0847. The largest absolute Gasteiger partial charge is 0.333 e. The molecule has 0 N–H and O–H groups in total. The second-order valence-electron chi connectivity index (χ2n) is 17.8. The highest BCUT2D eigenvalue weighted by Gasteiger charge is 2.23. The van der Waals surface area contributed by atoms with Crippen LogP contribution in [0.25, 0.3) is 105 Å². The lowest BCUT2D eigenvalue weighted by atomic mass is 9.86. The maximum absolute atomic E-state index is 4.47. The third-order valence-corrected chi connectivity index (χ3v) is 13.9. The van der Waals surface area contributed by atoms with E-state index in [2.05, 4.69) is 194 Å². The first-order valence-corrected chi connectivity index (χ1v) is 22.6. The molecule has 0 spiro atoms. The summed E-state index contributed by atoms with van der Waals surface area (Å²) in [7, 11) is 0. The Hall–Kier alpha value is -8.42. The molecule has 0 fully saturated rings. The van der Waals surface area contributed by atoms with E-state index in [4.69, 9.17) is 0 Å². The second-order valence-corrected chi connectivity index (χ2v) is 17.8. The highest BCUT2D eigenvalue weighted by Crippen LogP contribution is 2.42. The van der Waals surface area contributed by atoms with Gasteiger partial charge in [0.25, 0.3) is 0 Å². The van der Waals surface area contributed by atoms with E-state index in [-0.39, 0.29) is 6.04 Å². The highest BCUT2D eigenvalue weighted by atomic mass is 15.0. The van der Waals surface area contributed by atoms with Crippen LogP contribution in [0.4, 0.5) is 0 Å². The lowest BCUT2D eigenvalue weighted by Crippen LogP contribution is -2.10. The van der Waals surface area contributed by atoms with Crippen molar-refractivity contribution in [3.8, 4) is 33.6 Å². The Labute approximate surface area is 381 Å². The van der Waals surface area contributed by atoms with E-state index < -0.39 is 0 Å². The number of rotatable bonds is 6. The molecule has 0 aliphatic heterocycles. The van der Waals surface area contributed by atoms with Crippen LogP contribution in [0, 0.1) is 13.8 Å². The van der Waals surface area contributed by atoms with Gasteiger partial charge in [-0.05, 0) is 151 Å². The van der Waals surface area contributed by atoms with E-state index in [9.17, 15) is 0 Å². The molecule has 0 saturated heterocycles. The summed E-state index contributed by atoms with van der Waals surface area (Å²) in [5.74, 6) is 0. The van der Waals surface area contributed by atoms with Crippen LogP contribution in [0.3, 0.4) is 0 Å². The van der Waals surface area contributed by atoms with E-state index in [0.717, 1.165) is 50.4 Å². The number of hydrogen-bond acceptors (Lipinski definition) is 4. The molecule has 1 unspecified atom stereocenters. The molecule has 0 saturated carbocycles. The van der Waals surface area contributed by atoms with E-state index in [1.807, 2.05) is 49.6 Å². The van der Waals surface area contributed by atoms with Crippen LogP contribution >= 0.6 is 0 Å². The first-order valence-electron chi connectivity index (χ1n) is 22.6. The van der Waals surface area contributed by atoms with Gasteiger partial charge in [-0.2, -0.15) is 0 Å². The Kier molecular flexibility index (Phi) is 8.55. The van der Waals surface area contributed by atoms with Crippen molar-refractivity contribution < 1.29 is 0 Å². The minimum absolute atomic E-state index is 0.152. The van der Waals surface area contributed by atoms with Crippen molar-refractivity contribution >= 4 is 71.0 Å². The van der Waals surface area contributed by atoms with Gasteiger partial charge < -0.3 is 13.7 Å². The molecule has 1 atom stereocenters. The second kappa shape index (κ2) is 14.8. The van der Waals surface area contributed by atoms with Crippen LogP contribution < -0.4 is 0 Å². The van der Waals surface area contributed by atoms with E-state index >= 15 is 0 Å². The molecule has 314 valence electrons. The van der Waals surface area contributed by atoms with Crippen molar-refractivity contribution in [3.05, 3.63) is 211 Å². The molecule has 7 nitrogen and oxygen atoms in total. The molecule has 7 heteroatoms. The summed E-state index contributed by atoms with van der Waals surface area (Å²) in [6, 6.07) is 47.1. The van der Waals surface area contributed by atoms with Crippen molar-refractivity contribution in [1.82, 2.24) is 33.6 Å². The molecule has 13 rings (SSSR count). The molecule has 1 aliphatic rings. The lowest BCUT2D eigenvalue weighted by molar-refractivity contribution is 0.631. The number of allylic oxidation sites excluding steroid dienone is 4. The van der Waals surface area contributed by atoms with Crippen molar-refractivity contribution in [2.75, 3.05) is 0 Å². The van der Waals surface area contributed by atoms with E-state index in [1.165, 1.54) is 82.9 Å². The molecule has 12 aromatic rings. The van der Waals surface area contributed by atoms with Crippen molar-refractivity contribution in [1.29, 1.82) is 0 Å². The molecule has 0 bridgehead atoms. The van der Waals surface area contributed by atoms with Gasteiger partial charge in [0, 0.05) is 93.3 Å². The van der Waals surface area contributed by atoms with Crippen LogP contribution in [0.2, 0.25) is 0 Å². The van der Waals surface area contributed by atoms with Crippen LogP contribution in [0.15, 0.2) is 195 Å². The topological polar surface area (TPSA) is 66.3 Å². The fourth-order valence-corrected chi connectivity index (χ4v) is 11.0. The SMILES string of the molecule is CC1=C(c2cc(-c3ccc(-n4c5ccccc5c5ccccc54)cc3C)cc(-c3ccc(-n4c5ccncc5c5cnccc54)cc3C)c2)C=CC(n2c3ccncc3c3cnccc32)C1. The lowest BCUT2D eigenvalue weighted by Gasteiger charge is -2.25. The number of pyridine rings is 4. The summed E-state index contributed by atoms with van der Waals surface area (Å²) < 4.78 is 7.19. The van der Waals surface area contributed by atoms with Crippen LogP contribution in [0.5, 0.6) is 0 Å². The fourth-order valence-electron chi connectivity index (χ4n) is 11.0. The van der Waals surface area contributed by atoms with Crippen molar-refractivity contribution in [3.63, 3.8) is 0 Å². The average molecular weight is 850 g/mol. The van der Waals surface area contributed by atoms with Gasteiger partial charge >= 0.3 is 0 Å². The summed E-state index contributed by atoms with van der Waals surface area (Å²) in [6.07, 6.45) is 21.0. The van der Waals surface area contributed by atoms with Gasteiger partial charge in [0.15, 0.2) is 0 Å². The summed E-state index contributed by atoms with van der Waals surface area (Å²) in [5.41, 5.74) is 20.3. The summed E-state index contributed by atoms with van der Waals surface area (Å²) >= 11 is 0. The minimum atomic E-state index is 0.152. The smallest absolute Gasteiger partial charge is 0.0572 e. The third kappa shape index (κ3) is 5.83. The monoisotopic (exact) mass is 849 g/mol. The molecule has 5 aromatic carbocycles. The van der Waals surface area contributed by atoms with Gasteiger partial charge in [-0.1, -0.05) is 66.3 Å². The quantitative estimate of drug-likeness (QED) is 0.167. The molecular formula is C59H43N7. The molecular weight excluding hydrogens is 807 g/mol. The standard InChI is InChI=1S/C59H43N7/c1-36-26-42(64-54-10-6-4-8-48(54)49-9-5-7-11-55(49)64)12-15-45(36)39-29-40(46-16-13-43(27-37(46)2)65-56-18-22-60-32-50(56)51-33-61-23-19-57(51)65)31-41(30-39)47-17-14-44(28-38(47)3)66-58-20-24-62-34-52(58)53-35-63-25-21-59(53)66/h4-27,29-35,44H,28H2,1-3H3. The minimum Gasteiger partial charge on any atom is -0.333 e. The highest BCUT2D eigenvalue weighted by molar-refractivity contribution is 6.10. The van der Waals surface area contributed by atoms with Crippen LogP contribution in [-0.2, 0) is 0 Å². The predicted molar refractivity (Wildman–Crippen MR) is 271 cm³/mol. The zero-order valence-electron chi connectivity index (χ0n) is 36.8. The number of aryl methyl sites for hydroxylation is 2. The normalized spacial score (nSPS) is 14.3. The Morgan fingerprint density at radius 2 is 0.848 bits per heavy atom. The third-order valence-electron chi connectivity index (χ3n) is 13.9.